The molecule has 1 aromatic carbocycles. The van der Waals surface area contributed by atoms with Crippen molar-refractivity contribution >= 4 is 11.7 Å². The zero-order valence-electron chi connectivity index (χ0n) is 9.19. The van der Waals surface area contributed by atoms with Crippen molar-refractivity contribution in [3.05, 3.63) is 35.4 Å². The molecule has 0 spiro atoms. The predicted molar refractivity (Wildman–Crippen MR) is 59.5 cm³/mol. The summed E-state index contributed by atoms with van der Waals surface area (Å²) in [6.45, 7) is 1.74. The topological polar surface area (TPSA) is 66.4 Å². The molecule has 0 saturated heterocycles. The van der Waals surface area contributed by atoms with Gasteiger partial charge in [-0.3, -0.25) is 9.59 Å². The van der Waals surface area contributed by atoms with Crippen molar-refractivity contribution in [3.8, 4) is 0 Å². The van der Waals surface area contributed by atoms with Crippen LogP contribution in [-0.2, 0) is 22.7 Å². The van der Waals surface area contributed by atoms with Crippen LogP contribution in [0, 0.1) is 0 Å². The number of carbonyl (C=O) groups excluding carboxylic acids is 2. The molecule has 0 aliphatic carbocycles. The SMILES string of the molecule is CC(=O)CC(=O)NCc1cccc(CO)c1. The first-order chi connectivity index (χ1) is 7.61. The van der Waals surface area contributed by atoms with E-state index >= 15 is 0 Å². The van der Waals surface area contributed by atoms with Crippen molar-refractivity contribution in [1.29, 1.82) is 0 Å². The molecular formula is C12H15NO3. The van der Waals surface area contributed by atoms with Gasteiger partial charge in [-0.25, -0.2) is 0 Å². The van der Waals surface area contributed by atoms with Crippen LogP contribution in [0.4, 0.5) is 0 Å². The highest BCUT2D eigenvalue weighted by Gasteiger charge is 2.04. The molecule has 16 heavy (non-hydrogen) atoms. The summed E-state index contributed by atoms with van der Waals surface area (Å²) in [5.41, 5.74) is 1.71. The highest BCUT2D eigenvalue weighted by molar-refractivity contribution is 5.96. The van der Waals surface area contributed by atoms with E-state index < -0.39 is 0 Å². The molecule has 1 rings (SSSR count). The monoisotopic (exact) mass is 221 g/mol. The van der Waals surface area contributed by atoms with Gasteiger partial charge in [0.25, 0.3) is 0 Å². The molecule has 0 fully saturated rings. The quantitative estimate of drug-likeness (QED) is 0.722. The van der Waals surface area contributed by atoms with E-state index in [0.29, 0.717) is 6.54 Å². The van der Waals surface area contributed by atoms with Crippen molar-refractivity contribution in [2.75, 3.05) is 0 Å². The Morgan fingerprint density at radius 2 is 2.00 bits per heavy atom. The van der Waals surface area contributed by atoms with Crippen molar-refractivity contribution in [1.82, 2.24) is 5.32 Å². The number of hydrogen-bond donors (Lipinski definition) is 2. The third-order valence-electron chi connectivity index (χ3n) is 2.07. The van der Waals surface area contributed by atoms with E-state index in [1.165, 1.54) is 6.92 Å². The number of aliphatic hydroxyl groups is 1. The fraction of sp³-hybridized carbons (Fsp3) is 0.333. The lowest BCUT2D eigenvalue weighted by atomic mass is 10.1. The fourth-order valence-corrected chi connectivity index (χ4v) is 1.33. The van der Waals surface area contributed by atoms with E-state index in [1.54, 1.807) is 6.07 Å². The van der Waals surface area contributed by atoms with Crippen LogP contribution in [0.3, 0.4) is 0 Å². The average Bonchev–Trinajstić information content (AvgIpc) is 2.26. The lowest BCUT2D eigenvalue weighted by Crippen LogP contribution is -2.24. The molecule has 0 saturated carbocycles. The van der Waals surface area contributed by atoms with E-state index in [0.717, 1.165) is 11.1 Å². The highest BCUT2D eigenvalue weighted by Crippen LogP contribution is 2.04. The van der Waals surface area contributed by atoms with Crippen LogP contribution in [0.2, 0.25) is 0 Å². The molecule has 2 N–H and O–H groups in total. The molecule has 1 aromatic rings. The number of ketones is 1. The molecule has 0 unspecified atom stereocenters. The second-order valence-electron chi connectivity index (χ2n) is 3.63. The number of Topliss-reactive ketones (excluding diaryl/α,β-unsaturated/α-hetero) is 1. The Balaban J connectivity index is 2.47. The molecule has 4 heteroatoms. The molecule has 0 aliphatic heterocycles. The third kappa shape index (κ3) is 4.23. The van der Waals surface area contributed by atoms with Crippen LogP contribution < -0.4 is 5.32 Å². The summed E-state index contributed by atoms with van der Waals surface area (Å²) in [6.07, 6.45) is -0.0836. The molecule has 0 radical (unpaired) electrons. The first-order valence-corrected chi connectivity index (χ1v) is 5.06. The summed E-state index contributed by atoms with van der Waals surface area (Å²) < 4.78 is 0. The molecule has 0 aliphatic rings. The van der Waals surface area contributed by atoms with E-state index in [-0.39, 0.29) is 24.7 Å². The summed E-state index contributed by atoms with van der Waals surface area (Å²) >= 11 is 0. The van der Waals surface area contributed by atoms with Gasteiger partial charge in [0.1, 0.15) is 5.78 Å². The zero-order valence-corrected chi connectivity index (χ0v) is 9.19. The molecule has 0 aromatic heterocycles. The molecule has 4 nitrogen and oxygen atoms in total. The summed E-state index contributed by atoms with van der Waals surface area (Å²) in [5, 5.41) is 11.6. The molecule has 0 heterocycles. The van der Waals surface area contributed by atoms with E-state index in [9.17, 15) is 9.59 Å². The minimum Gasteiger partial charge on any atom is -0.392 e. The summed E-state index contributed by atoms with van der Waals surface area (Å²) in [7, 11) is 0. The lowest BCUT2D eigenvalue weighted by Gasteiger charge is -2.05. The Bertz CT molecular complexity index is 388. The van der Waals surface area contributed by atoms with Crippen LogP contribution in [0.15, 0.2) is 24.3 Å². The van der Waals surface area contributed by atoms with Crippen LogP contribution in [-0.4, -0.2) is 16.8 Å². The maximum Gasteiger partial charge on any atom is 0.227 e. The Morgan fingerprint density at radius 1 is 1.31 bits per heavy atom. The van der Waals surface area contributed by atoms with Gasteiger partial charge in [0, 0.05) is 6.54 Å². The van der Waals surface area contributed by atoms with Crippen LogP contribution in [0.1, 0.15) is 24.5 Å². The first kappa shape index (κ1) is 12.4. The summed E-state index contributed by atoms with van der Waals surface area (Å²) in [6, 6.07) is 7.29. The summed E-state index contributed by atoms with van der Waals surface area (Å²) in [4.78, 5) is 21.9. The normalized spacial score (nSPS) is 9.88. The van der Waals surface area contributed by atoms with Crippen molar-refractivity contribution in [2.24, 2.45) is 0 Å². The highest BCUT2D eigenvalue weighted by atomic mass is 16.3. The number of benzene rings is 1. The number of rotatable bonds is 5. The average molecular weight is 221 g/mol. The van der Waals surface area contributed by atoms with Gasteiger partial charge >= 0.3 is 0 Å². The number of aliphatic hydroxyl groups excluding tert-OH is 1. The zero-order chi connectivity index (χ0) is 12.0. The number of nitrogens with one attached hydrogen (secondary N) is 1. The molecule has 0 bridgehead atoms. The lowest BCUT2D eigenvalue weighted by molar-refractivity contribution is -0.127. The number of hydrogen-bond acceptors (Lipinski definition) is 3. The van der Waals surface area contributed by atoms with Crippen molar-refractivity contribution < 1.29 is 14.7 Å². The Morgan fingerprint density at radius 3 is 2.62 bits per heavy atom. The minimum absolute atomic E-state index is 0.0186. The van der Waals surface area contributed by atoms with Gasteiger partial charge in [0.15, 0.2) is 0 Å². The molecule has 0 atom stereocenters. The third-order valence-corrected chi connectivity index (χ3v) is 2.07. The van der Waals surface area contributed by atoms with Gasteiger partial charge in [0.05, 0.1) is 13.0 Å². The summed E-state index contributed by atoms with van der Waals surface area (Å²) in [5.74, 6) is -0.427. The van der Waals surface area contributed by atoms with Gasteiger partial charge < -0.3 is 10.4 Å². The minimum atomic E-state index is -0.276. The van der Waals surface area contributed by atoms with Crippen molar-refractivity contribution in [2.45, 2.75) is 26.5 Å². The van der Waals surface area contributed by atoms with Gasteiger partial charge in [-0.15, -0.1) is 0 Å². The maximum atomic E-state index is 11.2. The first-order valence-electron chi connectivity index (χ1n) is 5.06. The van der Waals surface area contributed by atoms with E-state index in [1.807, 2.05) is 18.2 Å². The number of carbonyl (C=O) groups is 2. The van der Waals surface area contributed by atoms with Gasteiger partial charge in [-0.05, 0) is 18.1 Å². The van der Waals surface area contributed by atoms with Gasteiger partial charge in [-0.2, -0.15) is 0 Å². The van der Waals surface area contributed by atoms with E-state index in [4.69, 9.17) is 5.11 Å². The Labute approximate surface area is 94.3 Å². The second-order valence-corrected chi connectivity index (χ2v) is 3.63. The Hall–Kier alpha value is -1.68. The second kappa shape index (κ2) is 6.02. The molecular weight excluding hydrogens is 206 g/mol. The van der Waals surface area contributed by atoms with E-state index in [2.05, 4.69) is 5.32 Å². The largest absolute Gasteiger partial charge is 0.392 e. The Kier molecular flexibility index (Phi) is 4.66. The van der Waals surface area contributed by atoms with Gasteiger partial charge in [0.2, 0.25) is 5.91 Å². The van der Waals surface area contributed by atoms with Gasteiger partial charge in [-0.1, -0.05) is 24.3 Å². The standard InChI is InChI=1S/C12H15NO3/c1-9(15)5-12(16)13-7-10-3-2-4-11(6-10)8-14/h2-4,6,14H,5,7-8H2,1H3,(H,13,16). The number of amides is 1. The van der Waals surface area contributed by atoms with Crippen molar-refractivity contribution in [3.63, 3.8) is 0 Å². The molecule has 86 valence electrons. The smallest absolute Gasteiger partial charge is 0.227 e. The van der Waals surface area contributed by atoms with Crippen LogP contribution in [0.25, 0.3) is 0 Å². The fourth-order valence-electron chi connectivity index (χ4n) is 1.33. The maximum absolute atomic E-state index is 11.2. The van der Waals surface area contributed by atoms with Crippen LogP contribution in [0.5, 0.6) is 0 Å². The predicted octanol–water partition coefficient (Wildman–Crippen LogP) is 0.774. The molecule has 1 amide bonds. The van der Waals surface area contributed by atoms with Crippen LogP contribution >= 0.6 is 0 Å².